The van der Waals surface area contributed by atoms with Crippen LogP contribution in [0.2, 0.25) is 0 Å². The van der Waals surface area contributed by atoms with E-state index in [0.29, 0.717) is 5.41 Å². The van der Waals surface area contributed by atoms with Crippen molar-refractivity contribution < 1.29 is 4.74 Å². The number of methoxy groups -OCH3 is 1. The number of hydrogen-bond donors (Lipinski definition) is 1. The summed E-state index contributed by atoms with van der Waals surface area (Å²) in [4.78, 5) is 2.70. The Kier molecular flexibility index (Phi) is 5.27. The minimum Gasteiger partial charge on any atom is -0.383 e. The highest BCUT2D eigenvalue weighted by molar-refractivity contribution is 4.95. The Labute approximate surface area is 119 Å². The van der Waals surface area contributed by atoms with Gasteiger partial charge < -0.3 is 10.1 Å². The summed E-state index contributed by atoms with van der Waals surface area (Å²) in [5.74, 6) is 1.69. The van der Waals surface area contributed by atoms with Gasteiger partial charge in [-0.2, -0.15) is 0 Å². The topological polar surface area (TPSA) is 24.5 Å². The molecular formula is C16H32N2O. The summed E-state index contributed by atoms with van der Waals surface area (Å²) < 4.78 is 5.32. The first kappa shape index (κ1) is 15.3. The van der Waals surface area contributed by atoms with Crippen LogP contribution in [0.3, 0.4) is 0 Å². The van der Waals surface area contributed by atoms with Gasteiger partial charge in [-0.25, -0.2) is 0 Å². The third-order valence-electron chi connectivity index (χ3n) is 5.48. The summed E-state index contributed by atoms with van der Waals surface area (Å²) in [6, 6.07) is 0.728. The van der Waals surface area contributed by atoms with Gasteiger partial charge in [0, 0.05) is 32.8 Å². The first-order valence-electron chi connectivity index (χ1n) is 8.03. The van der Waals surface area contributed by atoms with E-state index in [0.717, 1.165) is 31.0 Å². The smallest absolute Gasteiger partial charge is 0.0589 e. The summed E-state index contributed by atoms with van der Waals surface area (Å²) in [7, 11) is 1.81. The standard InChI is InChI=1S/C16H32N2O/c1-13(2)16(7-8-17-11-16)12-18(9-10-19-4)14(3)15-5-6-15/h13-15,17H,5-12H2,1-4H3. The molecule has 1 aliphatic carbocycles. The molecule has 2 fully saturated rings. The molecule has 2 aliphatic rings. The quantitative estimate of drug-likeness (QED) is 0.731. The molecule has 2 atom stereocenters. The minimum absolute atomic E-state index is 0.469. The number of ether oxygens (including phenoxy) is 1. The van der Waals surface area contributed by atoms with Gasteiger partial charge in [0.05, 0.1) is 6.61 Å². The molecule has 0 aromatic heterocycles. The third-order valence-corrected chi connectivity index (χ3v) is 5.48. The molecule has 1 saturated carbocycles. The molecule has 112 valence electrons. The molecule has 0 radical (unpaired) electrons. The maximum absolute atomic E-state index is 5.32. The van der Waals surface area contributed by atoms with Crippen molar-refractivity contribution >= 4 is 0 Å². The lowest BCUT2D eigenvalue weighted by molar-refractivity contribution is 0.0578. The zero-order valence-corrected chi connectivity index (χ0v) is 13.2. The first-order chi connectivity index (χ1) is 9.09. The van der Waals surface area contributed by atoms with Crippen molar-refractivity contribution in [1.29, 1.82) is 0 Å². The molecule has 0 aromatic carbocycles. The maximum Gasteiger partial charge on any atom is 0.0589 e. The fourth-order valence-electron chi connectivity index (χ4n) is 3.49. The molecule has 0 bridgehead atoms. The second-order valence-electron chi connectivity index (χ2n) is 6.99. The van der Waals surface area contributed by atoms with Crippen LogP contribution in [0.5, 0.6) is 0 Å². The second kappa shape index (κ2) is 6.55. The molecule has 3 nitrogen and oxygen atoms in total. The monoisotopic (exact) mass is 268 g/mol. The van der Waals surface area contributed by atoms with Crippen LogP contribution in [-0.4, -0.2) is 50.8 Å². The van der Waals surface area contributed by atoms with Crippen molar-refractivity contribution in [2.24, 2.45) is 17.3 Å². The molecule has 0 amide bonds. The predicted molar refractivity (Wildman–Crippen MR) is 80.4 cm³/mol. The van der Waals surface area contributed by atoms with Crippen LogP contribution >= 0.6 is 0 Å². The van der Waals surface area contributed by atoms with Gasteiger partial charge in [-0.1, -0.05) is 13.8 Å². The van der Waals surface area contributed by atoms with Gasteiger partial charge in [0.1, 0.15) is 0 Å². The van der Waals surface area contributed by atoms with Crippen molar-refractivity contribution in [3.63, 3.8) is 0 Å². The maximum atomic E-state index is 5.32. The zero-order valence-electron chi connectivity index (χ0n) is 13.2. The largest absolute Gasteiger partial charge is 0.383 e. The lowest BCUT2D eigenvalue weighted by atomic mass is 9.75. The third kappa shape index (κ3) is 3.71. The molecule has 19 heavy (non-hydrogen) atoms. The highest BCUT2D eigenvalue weighted by Crippen LogP contribution is 2.39. The zero-order chi connectivity index (χ0) is 13.9. The average Bonchev–Trinajstić information content (AvgIpc) is 3.13. The lowest BCUT2D eigenvalue weighted by Crippen LogP contribution is -2.47. The van der Waals surface area contributed by atoms with Crippen LogP contribution in [0.15, 0.2) is 0 Å². The molecule has 3 heteroatoms. The molecule has 0 spiro atoms. The van der Waals surface area contributed by atoms with E-state index >= 15 is 0 Å². The summed E-state index contributed by atoms with van der Waals surface area (Å²) in [5, 5.41) is 3.58. The molecule has 1 N–H and O–H groups in total. The van der Waals surface area contributed by atoms with E-state index < -0.39 is 0 Å². The van der Waals surface area contributed by atoms with Gasteiger partial charge in [-0.05, 0) is 50.0 Å². The van der Waals surface area contributed by atoms with E-state index in [2.05, 4.69) is 31.0 Å². The molecular weight excluding hydrogens is 236 g/mol. The van der Waals surface area contributed by atoms with E-state index in [1.165, 1.54) is 38.9 Å². The van der Waals surface area contributed by atoms with Crippen LogP contribution in [-0.2, 0) is 4.74 Å². The summed E-state index contributed by atoms with van der Waals surface area (Å²) in [6.45, 7) is 12.8. The van der Waals surface area contributed by atoms with E-state index in [4.69, 9.17) is 4.74 Å². The molecule has 0 aromatic rings. The van der Waals surface area contributed by atoms with Gasteiger partial charge in [-0.3, -0.25) is 4.90 Å². The Balaban J connectivity index is 2.00. The SMILES string of the molecule is COCCN(CC1(C(C)C)CCNC1)C(C)C1CC1. The number of nitrogens with zero attached hydrogens (tertiary/aromatic N) is 1. The van der Waals surface area contributed by atoms with Crippen LogP contribution in [0.4, 0.5) is 0 Å². The Hall–Kier alpha value is -0.120. The van der Waals surface area contributed by atoms with Crippen molar-refractivity contribution in [3.05, 3.63) is 0 Å². The summed E-state index contributed by atoms with van der Waals surface area (Å²) >= 11 is 0. The average molecular weight is 268 g/mol. The second-order valence-corrected chi connectivity index (χ2v) is 6.99. The lowest BCUT2D eigenvalue weighted by Gasteiger charge is -2.40. The van der Waals surface area contributed by atoms with Gasteiger partial charge in [0.2, 0.25) is 0 Å². The Morgan fingerprint density at radius 2 is 2.05 bits per heavy atom. The molecule has 2 unspecified atom stereocenters. The van der Waals surface area contributed by atoms with E-state index in [-0.39, 0.29) is 0 Å². The number of rotatable bonds is 8. The van der Waals surface area contributed by atoms with Crippen molar-refractivity contribution in [3.8, 4) is 0 Å². The Morgan fingerprint density at radius 1 is 1.32 bits per heavy atom. The predicted octanol–water partition coefficient (Wildman–Crippen LogP) is 2.37. The van der Waals surface area contributed by atoms with Crippen molar-refractivity contribution in [2.45, 2.75) is 46.1 Å². The van der Waals surface area contributed by atoms with Crippen molar-refractivity contribution in [1.82, 2.24) is 10.2 Å². The Morgan fingerprint density at radius 3 is 2.53 bits per heavy atom. The van der Waals surface area contributed by atoms with Gasteiger partial charge in [0.25, 0.3) is 0 Å². The first-order valence-corrected chi connectivity index (χ1v) is 8.03. The molecule has 1 heterocycles. The molecule has 2 rings (SSSR count). The molecule has 1 aliphatic heterocycles. The summed E-state index contributed by atoms with van der Waals surface area (Å²) in [5.41, 5.74) is 0.469. The highest BCUT2D eigenvalue weighted by atomic mass is 16.5. The number of hydrogen-bond acceptors (Lipinski definition) is 3. The van der Waals surface area contributed by atoms with Crippen LogP contribution in [0, 0.1) is 17.3 Å². The molecule has 1 saturated heterocycles. The van der Waals surface area contributed by atoms with Crippen LogP contribution < -0.4 is 5.32 Å². The fourth-order valence-corrected chi connectivity index (χ4v) is 3.49. The van der Waals surface area contributed by atoms with Gasteiger partial charge in [0.15, 0.2) is 0 Å². The van der Waals surface area contributed by atoms with Crippen molar-refractivity contribution in [2.75, 3.05) is 39.9 Å². The highest BCUT2D eigenvalue weighted by Gasteiger charge is 2.41. The summed E-state index contributed by atoms with van der Waals surface area (Å²) in [6.07, 6.45) is 4.18. The van der Waals surface area contributed by atoms with Gasteiger partial charge in [-0.15, -0.1) is 0 Å². The van der Waals surface area contributed by atoms with Crippen LogP contribution in [0.25, 0.3) is 0 Å². The van der Waals surface area contributed by atoms with Gasteiger partial charge >= 0.3 is 0 Å². The fraction of sp³-hybridized carbons (Fsp3) is 1.00. The number of nitrogens with one attached hydrogen (secondary N) is 1. The van der Waals surface area contributed by atoms with E-state index in [1.54, 1.807) is 0 Å². The van der Waals surface area contributed by atoms with E-state index in [9.17, 15) is 0 Å². The Bertz CT molecular complexity index is 270. The van der Waals surface area contributed by atoms with E-state index in [1.807, 2.05) is 7.11 Å². The van der Waals surface area contributed by atoms with Crippen LogP contribution in [0.1, 0.15) is 40.0 Å². The normalized spacial score (nSPS) is 29.4. The minimum atomic E-state index is 0.469.